The van der Waals surface area contributed by atoms with E-state index in [1.165, 1.54) is 0 Å². The minimum absolute atomic E-state index is 0.464. The molecule has 7 heteroatoms. The van der Waals surface area contributed by atoms with E-state index < -0.39 is 5.60 Å². The molecule has 1 aliphatic rings. The third kappa shape index (κ3) is 4.86. The molecule has 1 aliphatic heterocycles. The van der Waals surface area contributed by atoms with Gasteiger partial charge in [-0.2, -0.15) is 0 Å². The van der Waals surface area contributed by atoms with E-state index in [1.807, 2.05) is 42.7 Å². The Morgan fingerprint density at radius 2 is 1.93 bits per heavy atom. The third-order valence-corrected chi connectivity index (χ3v) is 5.70. The van der Waals surface area contributed by atoms with Crippen molar-refractivity contribution in [3.05, 3.63) is 59.9 Å². The van der Waals surface area contributed by atoms with Gasteiger partial charge < -0.3 is 14.4 Å². The van der Waals surface area contributed by atoms with E-state index in [-0.39, 0.29) is 0 Å². The van der Waals surface area contributed by atoms with Crippen LogP contribution in [0.4, 0.5) is 0 Å². The van der Waals surface area contributed by atoms with Gasteiger partial charge in [-0.25, -0.2) is 9.97 Å². The van der Waals surface area contributed by atoms with Crippen molar-refractivity contribution < 1.29 is 14.4 Å². The molecule has 3 aromatic rings. The Morgan fingerprint density at radius 3 is 2.63 bits per heavy atom. The molecule has 1 fully saturated rings. The molecule has 0 amide bonds. The summed E-state index contributed by atoms with van der Waals surface area (Å²) in [6.07, 6.45) is 6.50. The molecule has 0 saturated carbocycles. The van der Waals surface area contributed by atoms with Crippen LogP contribution in [0, 0.1) is 0 Å². The first kappa shape index (κ1) is 20.5. The summed E-state index contributed by atoms with van der Waals surface area (Å²) >= 11 is 0. The summed E-state index contributed by atoms with van der Waals surface area (Å²) in [5, 5.41) is 15.3. The Hall–Kier alpha value is -2.77. The van der Waals surface area contributed by atoms with Crippen LogP contribution >= 0.6 is 0 Å². The quantitative estimate of drug-likeness (QED) is 0.642. The lowest BCUT2D eigenvalue weighted by molar-refractivity contribution is -0.0265. The number of aromatic nitrogens is 3. The fourth-order valence-electron chi connectivity index (χ4n) is 3.85. The van der Waals surface area contributed by atoms with Gasteiger partial charge in [0, 0.05) is 62.1 Å². The van der Waals surface area contributed by atoms with E-state index >= 15 is 0 Å². The van der Waals surface area contributed by atoms with Crippen molar-refractivity contribution in [1.29, 1.82) is 0 Å². The van der Waals surface area contributed by atoms with Gasteiger partial charge in [0.2, 0.25) is 0 Å². The SMILES string of the molecule is CCc1ncc(CN2CCC(O)(Cc3cc(-c4cccc(OC)c4)no3)CC2)cn1. The van der Waals surface area contributed by atoms with Gasteiger partial charge in [0.1, 0.15) is 23.0 Å². The lowest BCUT2D eigenvalue weighted by atomic mass is 9.87. The number of aliphatic hydroxyl groups is 1. The van der Waals surface area contributed by atoms with Crippen molar-refractivity contribution in [1.82, 2.24) is 20.0 Å². The molecule has 0 unspecified atom stereocenters. The molecule has 3 heterocycles. The Balaban J connectivity index is 1.34. The molecule has 1 N–H and O–H groups in total. The van der Waals surface area contributed by atoms with Crippen molar-refractivity contribution in [2.45, 2.75) is 44.8 Å². The van der Waals surface area contributed by atoms with Crippen LogP contribution in [-0.4, -0.2) is 50.9 Å². The number of likely N-dealkylation sites (tertiary alicyclic amines) is 1. The molecular formula is C23H28N4O3. The summed E-state index contributed by atoms with van der Waals surface area (Å²) in [6.45, 7) is 4.50. The molecule has 4 rings (SSSR count). The van der Waals surface area contributed by atoms with Crippen molar-refractivity contribution in [3.8, 4) is 17.0 Å². The fraction of sp³-hybridized carbons (Fsp3) is 0.435. The molecule has 0 radical (unpaired) electrons. The molecule has 1 saturated heterocycles. The van der Waals surface area contributed by atoms with Crippen molar-refractivity contribution in [2.24, 2.45) is 0 Å². The predicted octanol–water partition coefficient (Wildman–Crippen LogP) is 3.27. The molecule has 0 spiro atoms. The van der Waals surface area contributed by atoms with Crippen LogP contribution in [0.5, 0.6) is 5.75 Å². The van der Waals surface area contributed by atoms with Crippen LogP contribution in [-0.2, 0) is 19.4 Å². The second-order valence-electron chi connectivity index (χ2n) is 7.95. The monoisotopic (exact) mass is 408 g/mol. The lowest BCUT2D eigenvalue weighted by Gasteiger charge is -2.37. The number of hydrogen-bond acceptors (Lipinski definition) is 7. The molecular weight excluding hydrogens is 380 g/mol. The molecule has 0 aliphatic carbocycles. The van der Waals surface area contributed by atoms with E-state index in [0.29, 0.717) is 25.0 Å². The molecule has 158 valence electrons. The normalized spacial score (nSPS) is 16.5. The van der Waals surface area contributed by atoms with Crippen molar-refractivity contribution in [2.75, 3.05) is 20.2 Å². The molecule has 0 atom stereocenters. The van der Waals surface area contributed by atoms with Crippen LogP contribution in [0.25, 0.3) is 11.3 Å². The number of nitrogens with zero attached hydrogens (tertiary/aromatic N) is 4. The van der Waals surface area contributed by atoms with Gasteiger partial charge in [0.25, 0.3) is 0 Å². The first-order valence-corrected chi connectivity index (χ1v) is 10.4. The fourth-order valence-corrected chi connectivity index (χ4v) is 3.85. The van der Waals surface area contributed by atoms with Crippen molar-refractivity contribution in [3.63, 3.8) is 0 Å². The molecule has 7 nitrogen and oxygen atoms in total. The summed E-state index contributed by atoms with van der Waals surface area (Å²) in [6, 6.07) is 9.61. The van der Waals surface area contributed by atoms with Gasteiger partial charge in [0.15, 0.2) is 0 Å². The molecule has 2 aromatic heterocycles. The van der Waals surface area contributed by atoms with E-state index in [2.05, 4.69) is 26.9 Å². The highest BCUT2D eigenvalue weighted by Gasteiger charge is 2.33. The molecule has 30 heavy (non-hydrogen) atoms. The van der Waals surface area contributed by atoms with Crippen LogP contribution < -0.4 is 4.74 Å². The Kier molecular flexibility index (Phi) is 6.11. The van der Waals surface area contributed by atoms with Gasteiger partial charge in [-0.05, 0) is 25.0 Å². The van der Waals surface area contributed by atoms with E-state index in [4.69, 9.17) is 9.26 Å². The maximum atomic E-state index is 11.1. The number of piperidine rings is 1. The minimum Gasteiger partial charge on any atom is -0.497 e. The Morgan fingerprint density at radius 1 is 1.17 bits per heavy atom. The van der Waals surface area contributed by atoms with Crippen LogP contribution in [0.3, 0.4) is 0 Å². The Bertz CT molecular complexity index is 963. The molecule has 0 bridgehead atoms. The topological polar surface area (TPSA) is 84.5 Å². The summed E-state index contributed by atoms with van der Waals surface area (Å²) in [5.41, 5.74) is 2.02. The van der Waals surface area contributed by atoms with Crippen molar-refractivity contribution >= 4 is 0 Å². The highest BCUT2D eigenvalue weighted by atomic mass is 16.5. The van der Waals surface area contributed by atoms with Gasteiger partial charge in [-0.15, -0.1) is 0 Å². The number of methoxy groups -OCH3 is 1. The molecule has 1 aromatic carbocycles. The highest BCUT2D eigenvalue weighted by Crippen LogP contribution is 2.29. The second kappa shape index (κ2) is 8.93. The van der Waals surface area contributed by atoms with Gasteiger partial charge in [-0.3, -0.25) is 4.90 Å². The summed E-state index contributed by atoms with van der Waals surface area (Å²) in [4.78, 5) is 11.1. The van der Waals surface area contributed by atoms with Crippen LogP contribution in [0.1, 0.15) is 36.9 Å². The average Bonchev–Trinajstić information content (AvgIpc) is 3.24. The van der Waals surface area contributed by atoms with Gasteiger partial charge >= 0.3 is 0 Å². The summed E-state index contributed by atoms with van der Waals surface area (Å²) in [7, 11) is 1.64. The first-order valence-electron chi connectivity index (χ1n) is 10.4. The van der Waals surface area contributed by atoms with Crippen LogP contribution in [0.2, 0.25) is 0 Å². The number of aryl methyl sites for hydroxylation is 1. The number of ether oxygens (including phenoxy) is 1. The predicted molar refractivity (Wildman–Crippen MR) is 113 cm³/mol. The standard InChI is InChI=1S/C23H28N4O3/c1-3-22-24-14-17(15-25-22)16-27-9-7-23(28,8-10-27)13-20-12-21(26-30-20)18-5-4-6-19(11-18)29-2/h4-6,11-12,14-15,28H,3,7-10,13,16H2,1-2H3. The Labute approximate surface area is 176 Å². The van der Waals surface area contributed by atoms with Gasteiger partial charge in [0.05, 0.1) is 12.7 Å². The summed E-state index contributed by atoms with van der Waals surface area (Å²) < 4.78 is 10.8. The van der Waals surface area contributed by atoms with E-state index in [9.17, 15) is 5.11 Å². The smallest absolute Gasteiger partial charge is 0.140 e. The van der Waals surface area contributed by atoms with Gasteiger partial charge in [-0.1, -0.05) is 24.2 Å². The number of benzene rings is 1. The average molecular weight is 409 g/mol. The zero-order valence-electron chi connectivity index (χ0n) is 17.5. The van der Waals surface area contributed by atoms with Crippen LogP contribution in [0.15, 0.2) is 47.2 Å². The number of hydrogen-bond donors (Lipinski definition) is 1. The highest BCUT2D eigenvalue weighted by molar-refractivity contribution is 5.60. The zero-order valence-corrected chi connectivity index (χ0v) is 17.5. The lowest BCUT2D eigenvalue weighted by Crippen LogP contribution is -2.45. The summed E-state index contributed by atoms with van der Waals surface area (Å²) in [5.74, 6) is 2.34. The number of rotatable bonds is 7. The minimum atomic E-state index is -0.774. The zero-order chi connectivity index (χ0) is 21.0. The first-order chi connectivity index (χ1) is 14.6. The largest absolute Gasteiger partial charge is 0.497 e. The van der Waals surface area contributed by atoms with E-state index in [1.54, 1.807) is 7.11 Å². The second-order valence-corrected chi connectivity index (χ2v) is 7.95. The van der Waals surface area contributed by atoms with E-state index in [0.717, 1.165) is 54.4 Å². The maximum absolute atomic E-state index is 11.1. The maximum Gasteiger partial charge on any atom is 0.140 e. The third-order valence-electron chi connectivity index (χ3n) is 5.70.